The molecule has 1 amide bonds. The molecule has 2 aliphatic rings. The molecule has 0 radical (unpaired) electrons. The smallest absolute Gasteiger partial charge is 0.266 e. The maximum absolute atomic E-state index is 11.9. The van der Waals surface area contributed by atoms with Crippen molar-refractivity contribution >= 4 is 34.2 Å². The molecule has 0 unspecified atom stereocenters. The van der Waals surface area contributed by atoms with Gasteiger partial charge in [-0.1, -0.05) is 29.6 Å². The predicted octanol–water partition coefficient (Wildman–Crippen LogP) is 2.69. The van der Waals surface area contributed by atoms with E-state index in [0.717, 1.165) is 22.1 Å². The lowest BCUT2D eigenvalue weighted by Crippen LogP contribution is -2.27. The molecular weight excluding hydrogens is 214 g/mol. The van der Waals surface area contributed by atoms with Crippen LogP contribution in [0.4, 0.5) is 0 Å². The Morgan fingerprint density at radius 2 is 2.07 bits per heavy atom. The third-order valence-corrected chi connectivity index (χ3v) is 4.23. The van der Waals surface area contributed by atoms with Crippen LogP contribution in [-0.2, 0) is 4.79 Å². The van der Waals surface area contributed by atoms with Crippen molar-refractivity contribution in [3.63, 3.8) is 0 Å². The summed E-state index contributed by atoms with van der Waals surface area (Å²) in [6.45, 7) is 2.66. The molecule has 0 aromatic heterocycles. The highest BCUT2D eigenvalue weighted by Crippen LogP contribution is 2.38. The monoisotopic (exact) mass is 227 g/mol. The second kappa shape index (κ2) is 4.03. The van der Waals surface area contributed by atoms with Crippen molar-refractivity contribution in [3.8, 4) is 0 Å². The van der Waals surface area contributed by atoms with E-state index in [-0.39, 0.29) is 5.91 Å². The van der Waals surface area contributed by atoms with Gasteiger partial charge in [0.05, 0.1) is 4.91 Å². The molecule has 76 valence electrons. The zero-order valence-electron chi connectivity index (χ0n) is 8.21. The van der Waals surface area contributed by atoms with Crippen molar-refractivity contribution in [1.82, 2.24) is 4.90 Å². The van der Waals surface area contributed by atoms with Crippen LogP contribution in [0.5, 0.6) is 0 Å². The van der Waals surface area contributed by atoms with Crippen LogP contribution in [0.2, 0.25) is 0 Å². The van der Waals surface area contributed by atoms with E-state index < -0.39 is 0 Å². The Labute approximate surface area is 93.7 Å². The maximum atomic E-state index is 11.9. The molecule has 0 atom stereocenters. The van der Waals surface area contributed by atoms with E-state index in [1.165, 1.54) is 30.2 Å². The molecular formula is C10H13NOS2. The molecule has 2 fully saturated rings. The Kier molecular flexibility index (Phi) is 2.93. The third kappa shape index (κ3) is 1.61. The zero-order valence-corrected chi connectivity index (χ0v) is 9.84. The topological polar surface area (TPSA) is 20.3 Å². The van der Waals surface area contributed by atoms with Gasteiger partial charge in [-0.2, -0.15) is 0 Å². The van der Waals surface area contributed by atoms with Crippen LogP contribution in [-0.4, -0.2) is 21.7 Å². The lowest BCUT2D eigenvalue weighted by atomic mass is 10.2. The molecule has 2 nitrogen and oxygen atoms in total. The highest BCUT2D eigenvalue weighted by Gasteiger charge is 2.33. The van der Waals surface area contributed by atoms with Crippen molar-refractivity contribution in [2.45, 2.75) is 32.6 Å². The highest BCUT2D eigenvalue weighted by molar-refractivity contribution is 8.26. The molecule has 0 spiro atoms. The van der Waals surface area contributed by atoms with Crippen LogP contribution in [0.1, 0.15) is 32.6 Å². The van der Waals surface area contributed by atoms with Gasteiger partial charge < -0.3 is 0 Å². The summed E-state index contributed by atoms with van der Waals surface area (Å²) < 4.78 is 0.729. The molecule has 4 heteroatoms. The van der Waals surface area contributed by atoms with E-state index in [1.807, 2.05) is 6.92 Å². The molecule has 2 rings (SSSR count). The summed E-state index contributed by atoms with van der Waals surface area (Å²) in [5, 5.41) is 0. The van der Waals surface area contributed by atoms with Crippen LogP contribution in [0.25, 0.3) is 0 Å². The molecule has 1 aliphatic carbocycles. The number of hydrogen-bond acceptors (Lipinski definition) is 3. The molecule has 1 saturated carbocycles. The van der Waals surface area contributed by atoms with Crippen molar-refractivity contribution in [3.05, 3.63) is 10.5 Å². The number of carbonyl (C=O) groups is 1. The molecule has 0 bridgehead atoms. The van der Waals surface area contributed by atoms with E-state index in [1.54, 1.807) is 4.90 Å². The SMILES string of the molecule is CCN1C(=O)C(=C2CCCC2)SC1=S. The van der Waals surface area contributed by atoms with Crippen molar-refractivity contribution in [2.75, 3.05) is 6.54 Å². The van der Waals surface area contributed by atoms with Crippen LogP contribution in [0.3, 0.4) is 0 Å². The number of rotatable bonds is 1. The second-order valence-electron chi connectivity index (χ2n) is 3.56. The maximum Gasteiger partial charge on any atom is 0.266 e. The lowest BCUT2D eigenvalue weighted by Gasteiger charge is -2.09. The molecule has 0 N–H and O–H groups in total. The molecule has 1 saturated heterocycles. The first-order chi connectivity index (χ1) is 6.74. The predicted molar refractivity (Wildman–Crippen MR) is 63.1 cm³/mol. The third-order valence-electron chi connectivity index (χ3n) is 2.69. The largest absolute Gasteiger partial charge is 0.293 e. The Morgan fingerprint density at radius 3 is 2.57 bits per heavy atom. The standard InChI is InChI=1S/C10H13NOS2/c1-2-11-9(12)8(14-10(11)13)7-5-3-4-6-7/h2-6H2,1H3. The van der Waals surface area contributed by atoms with Gasteiger partial charge in [-0.05, 0) is 32.6 Å². The van der Waals surface area contributed by atoms with Crippen molar-refractivity contribution < 1.29 is 4.79 Å². The first-order valence-corrected chi connectivity index (χ1v) is 6.22. The quantitative estimate of drug-likeness (QED) is 0.507. The van der Waals surface area contributed by atoms with Gasteiger partial charge in [-0.15, -0.1) is 0 Å². The summed E-state index contributed by atoms with van der Waals surface area (Å²) in [7, 11) is 0. The molecule has 1 heterocycles. The lowest BCUT2D eigenvalue weighted by molar-refractivity contribution is -0.122. The number of allylic oxidation sites excluding steroid dienone is 1. The van der Waals surface area contributed by atoms with Gasteiger partial charge in [-0.25, -0.2) is 0 Å². The van der Waals surface area contributed by atoms with Gasteiger partial charge in [0.15, 0.2) is 0 Å². The van der Waals surface area contributed by atoms with E-state index in [9.17, 15) is 4.79 Å². The second-order valence-corrected chi connectivity index (χ2v) is 5.20. The van der Waals surface area contributed by atoms with Gasteiger partial charge in [0.1, 0.15) is 4.32 Å². The first kappa shape index (κ1) is 10.2. The summed E-state index contributed by atoms with van der Waals surface area (Å²) >= 11 is 6.65. The van der Waals surface area contributed by atoms with Crippen LogP contribution >= 0.6 is 24.0 Å². The van der Waals surface area contributed by atoms with E-state index in [2.05, 4.69) is 0 Å². The van der Waals surface area contributed by atoms with Gasteiger partial charge in [0, 0.05) is 6.54 Å². The van der Waals surface area contributed by atoms with Crippen molar-refractivity contribution in [1.29, 1.82) is 0 Å². The first-order valence-electron chi connectivity index (χ1n) is 4.99. The summed E-state index contributed by atoms with van der Waals surface area (Å²) in [5.74, 6) is 0.138. The van der Waals surface area contributed by atoms with E-state index in [0.29, 0.717) is 6.54 Å². The number of thiocarbonyl (C=S) groups is 1. The number of thioether (sulfide) groups is 1. The fraction of sp³-hybridized carbons (Fsp3) is 0.600. The van der Waals surface area contributed by atoms with Gasteiger partial charge >= 0.3 is 0 Å². The normalized spacial score (nSPS) is 22.8. The minimum atomic E-state index is 0.138. The minimum Gasteiger partial charge on any atom is -0.293 e. The Bertz CT molecular complexity index is 314. The average molecular weight is 227 g/mol. The highest BCUT2D eigenvalue weighted by atomic mass is 32.2. The number of amides is 1. The molecule has 14 heavy (non-hydrogen) atoms. The van der Waals surface area contributed by atoms with Crippen LogP contribution < -0.4 is 0 Å². The zero-order chi connectivity index (χ0) is 10.1. The van der Waals surface area contributed by atoms with E-state index in [4.69, 9.17) is 12.2 Å². The van der Waals surface area contributed by atoms with Crippen LogP contribution in [0.15, 0.2) is 10.5 Å². The molecule has 0 aromatic carbocycles. The van der Waals surface area contributed by atoms with Gasteiger partial charge in [0.25, 0.3) is 5.91 Å². The summed E-state index contributed by atoms with van der Waals surface area (Å²) in [6.07, 6.45) is 4.64. The number of hydrogen-bond donors (Lipinski definition) is 0. The Hall–Kier alpha value is -0.350. The van der Waals surface area contributed by atoms with E-state index >= 15 is 0 Å². The average Bonchev–Trinajstić information content (AvgIpc) is 2.74. The molecule has 0 aromatic rings. The summed E-state index contributed by atoms with van der Waals surface area (Å²) in [5.41, 5.74) is 1.33. The van der Waals surface area contributed by atoms with Gasteiger partial charge in [-0.3, -0.25) is 9.69 Å². The fourth-order valence-corrected chi connectivity index (χ4v) is 3.42. The summed E-state index contributed by atoms with van der Waals surface area (Å²) in [4.78, 5) is 14.5. The molecule has 1 aliphatic heterocycles. The minimum absolute atomic E-state index is 0.138. The van der Waals surface area contributed by atoms with Crippen molar-refractivity contribution in [2.24, 2.45) is 0 Å². The number of likely N-dealkylation sites (N-methyl/N-ethyl adjacent to an activating group) is 1. The Morgan fingerprint density at radius 1 is 1.43 bits per heavy atom. The number of nitrogens with zero attached hydrogens (tertiary/aromatic N) is 1. The fourth-order valence-electron chi connectivity index (χ4n) is 1.92. The van der Waals surface area contributed by atoms with Gasteiger partial charge in [0.2, 0.25) is 0 Å². The Balaban J connectivity index is 2.27. The summed E-state index contributed by atoms with van der Waals surface area (Å²) in [6, 6.07) is 0. The number of carbonyl (C=O) groups excluding carboxylic acids is 1. The van der Waals surface area contributed by atoms with Crippen LogP contribution in [0, 0.1) is 0 Å².